The maximum atomic E-state index is 12.2. The molecule has 1 amide bonds. The highest BCUT2D eigenvalue weighted by molar-refractivity contribution is 5.87. The molecule has 0 saturated heterocycles. The van der Waals surface area contributed by atoms with Crippen molar-refractivity contribution in [1.29, 1.82) is 0 Å². The molecule has 152 valence electrons. The minimum absolute atomic E-state index is 0.0865. The number of nitrogens with zero attached hydrogens (tertiary/aromatic N) is 1. The Morgan fingerprint density at radius 1 is 1.10 bits per heavy atom. The monoisotopic (exact) mass is 394 g/mol. The molecule has 6 heteroatoms. The van der Waals surface area contributed by atoms with Gasteiger partial charge in [-0.2, -0.15) is 0 Å². The second kappa shape index (κ2) is 9.28. The van der Waals surface area contributed by atoms with E-state index in [0.717, 1.165) is 35.0 Å². The molecule has 0 aliphatic heterocycles. The van der Waals surface area contributed by atoms with Gasteiger partial charge in [0, 0.05) is 29.6 Å². The van der Waals surface area contributed by atoms with Gasteiger partial charge in [0.25, 0.3) is 0 Å². The van der Waals surface area contributed by atoms with Crippen LogP contribution in [-0.4, -0.2) is 27.8 Å². The lowest BCUT2D eigenvalue weighted by atomic mass is 9.93. The van der Waals surface area contributed by atoms with Crippen molar-refractivity contribution >= 4 is 23.0 Å². The van der Waals surface area contributed by atoms with Crippen LogP contribution in [0.25, 0.3) is 10.9 Å². The summed E-state index contributed by atoms with van der Waals surface area (Å²) in [5, 5.41) is 13.3. The van der Waals surface area contributed by atoms with E-state index >= 15 is 0 Å². The van der Waals surface area contributed by atoms with Gasteiger partial charge < -0.3 is 19.7 Å². The summed E-state index contributed by atoms with van der Waals surface area (Å²) in [6, 6.07) is 16.1. The molecule has 2 aromatic carbocycles. The van der Waals surface area contributed by atoms with Crippen LogP contribution in [0, 0.1) is 0 Å². The Morgan fingerprint density at radius 2 is 1.79 bits per heavy atom. The first kappa shape index (κ1) is 20.5. The minimum Gasteiger partial charge on any atom is -0.480 e. The fraction of sp³-hybridized carbons (Fsp3) is 0.304. The molecule has 2 atom stereocenters. The molecule has 2 N–H and O–H groups in total. The van der Waals surface area contributed by atoms with Crippen molar-refractivity contribution in [2.24, 2.45) is 0 Å². The van der Waals surface area contributed by atoms with Crippen LogP contribution >= 0.6 is 0 Å². The molecule has 6 nitrogen and oxygen atoms in total. The fourth-order valence-electron chi connectivity index (χ4n) is 3.54. The number of alkyl carbamates (subject to hydrolysis) is 1. The third-order valence-corrected chi connectivity index (χ3v) is 5.03. The molecule has 1 aromatic heterocycles. The van der Waals surface area contributed by atoms with Crippen LogP contribution in [-0.2, 0) is 22.7 Å². The normalized spacial score (nSPS) is 13.0. The van der Waals surface area contributed by atoms with Crippen LogP contribution in [0.4, 0.5) is 4.79 Å². The van der Waals surface area contributed by atoms with Crippen LogP contribution in [0.3, 0.4) is 0 Å². The van der Waals surface area contributed by atoms with Crippen molar-refractivity contribution in [2.75, 3.05) is 0 Å². The van der Waals surface area contributed by atoms with Gasteiger partial charge in [0.15, 0.2) is 0 Å². The first-order valence-corrected chi connectivity index (χ1v) is 9.79. The van der Waals surface area contributed by atoms with E-state index in [1.807, 2.05) is 67.7 Å². The van der Waals surface area contributed by atoms with E-state index in [4.69, 9.17) is 4.74 Å². The number of ether oxygens (including phenoxy) is 1. The number of rotatable bonds is 8. The number of benzene rings is 2. The number of amides is 1. The first-order chi connectivity index (χ1) is 14.0. The highest BCUT2D eigenvalue weighted by Crippen LogP contribution is 2.30. The number of carbonyl (C=O) groups excluding carboxylic acids is 1. The molecular formula is C23H26N2O4. The van der Waals surface area contributed by atoms with Crippen molar-refractivity contribution in [3.05, 3.63) is 71.9 Å². The lowest BCUT2D eigenvalue weighted by Gasteiger charge is -2.21. The van der Waals surface area contributed by atoms with E-state index < -0.39 is 24.0 Å². The maximum Gasteiger partial charge on any atom is 0.408 e. The zero-order chi connectivity index (χ0) is 20.8. The topological polar surface area (TPSA) is 80.6 Å². The van der Waals surface area contributed by atoms with Crippen molar-refractivity contribution in [1.82, 2.24) is 9.88 Å². The minimum atomic E-state index is -1.10. The Balaban J connectivity index is 1.77. The van der Waals surface area contributed by atoms with Gasteiger partial charge in [0.2, 0.25) is 0 Å². The van der Waals surface area contributed by atoms with Crippen molar-refractivity contribution in [3.8, 4) is 0 Å². The number of carbonyl (C=O) groups is 2. The lowest BCUT2D eigenvalue weighted by molar-refractivity contribution is -0.139. The summed E-state index contributed by atoms with van der Waals surface area (Å²) in [6.45, 7) is 4.84. The summed E-state index contributed by atoms with van der Waals surface area (Å²) < 4.78 is 7.34. The summed E-state index contributed by atoms with van der Waals surface area (Å²) in [5.74, 6) is -1.53. The molecule has 2 unspecified atom stereocenters. The van der Waals surface area contributed by atoms with Crippen LogP contribution in [0.5, 0.6) is 0 Å². The summed E-state index contributed by atoms with van der Waals surface area (Å²) in [7, 11) is 0. The van der Waals surface area contributed by atoms with Gasteiger partial charge in [-0.3, -0.25) is 0 Å². The van der Waals surface area contributed by atoms with E-state index in [-0.39, 0.29) is 6.61 Å². The van der Waals surface area contributed by atoms with E-state index in [9.17, 15) is 14.7 Å². The molecule has 0 saturated carbocycles. The highest BCUT2D eigenvalue weighted by Gasteiger charge is 2.30. The molecule has 29 heavy (non-hydrogen) atoms. The molecule has 0 spiro atoms. The zero-order valence-electron chi connectivity index (χ0n) is 16.7. The summed E-state index contributed by atoms with van der Waals surface area (Å²) in [6.07, 6.45) is 2.22. The van der Waals surface area contributed by atoms with Crippen molar-refractivity contribution in [3.63, 3.8) is 0 Å². The van der Waals surface area contributed by atoms with Gasteiger partial charge in [-0.05, 0) is 23.6 Å². The number of carboxylic acids is 1. The maximum absolute atomic E-state index is 12.2. The van der Waals surface area contributed by atoms with E-state index in [1.54, 1.807) is 0 Å². The number of carboxylic acid groups (broad SMARTS) is 1. The van der Waals surface area contributed by atoms with Crippen LogP contribution < -0.4 is 5.32 Å². The van der Waals surface area contributed by atoms with Crippen LogP contribution in [0.15, 0.2) is 60.8 Å². The standard InChI is InChI=1S/C23H26N2O4/c1-3-13-25-14-19(18-11-7-8-12-20(18)25)16(2)21(22(26)27)24-23(28)29-15-17-9-5-4-6-10-17/h4-12,14,16,21H,3,13,15H2,1-2H3,(H,24,28)(H,26,27). The molecule has 0 fully saturated rings. The Labute approximate surface area is 170 Å². The summed E-state index contributed by atoms with van der Waals surface area (Å²) in [5.41, 5.74) is 2.79. The van der Waals surface area contributed by atoms with Gasteiger partial charge in [-0.1, -0.05) is 62.4 Å². The number of para-hydroxylation sites is 1. The molecule has 0 aliphatic rings. The van der Waals surface area contributed by atoms with Crippen LogP contribution in [0.1, 0.15) is 37.3 Å². The third kappa shape index (κ3) is 4.77. The first-order valence-electron chi connectivity index (χ1n) is 9.79. The quantitative estimate of drug-likeness (QED) is 0.588. The predicted octanol–water partition coefficient (Wildman–Crippen LogP) is 4.53. The SMILES string of the molecule is CCCn1cc(C(C)C(NC(=O)OCc2ccccc2)C(=O)O)c2ccccc21. The molecule has 0 bridgehead atoms. The van der Waals surface area contributed by atoms with Crippen molar-refractivity contribution in [2.45, 2.75) is 45.4 Å². The third-order valence-electron chi connectivity index (χ3n) is 5.03. The number of aryl methyl sites for hydroxylation is 1. The van der Waals surface area contributed by atoms with Gasteiger partial charge in [0.1, 0.15) is 12.6 Å². The van der Waals surface area contributed by atoms with Gasteiger partial charge >= 0.3 is 12.1 Å². The van der Waals surface area contributed by atoms with Crippen LogP contribution in [0.2, 0.25) is 0 Å². The summed E-state index contributed by atoms with van der Waals surface area (Å²) in [4.78, 5) is 24.2. The zero-order valence-corrected chi connectivity index (χ0v) is 16.7. The number of nitrogens with one attached hydrogen (secondary N) is 1. The molecule has 0 aliphatic carbocycles. The average molecular weight is 394 g/mol. The largest absolute Gasteiger partial charge is 0.480 e. The Hall–Kier alpha value is -3.28. The molecule has 1 heterocycles. The van der Waals surface area contributed by atoms with E-state index in [0.29, 0.717) is 0 Å². The van der Waals surface area contributed by atoms with Gasteiger partial charge in [-0.25, -0.2) is 9.59 Å². The lowest BCUT2D eigenvalue weighted by Crippen LogP contribution is -2.44. The van der Waals surface area contributed by atoms with E-state index in [1.165, 1.54) is 0 Å². The molecule has 3 aromatic rings. The molecule has 0 radical (unpaired) electrons. The summed E-state index contributed by atoms with van der Waals surface area (Å²) >= 11 is 0. The molecular weight excluding hydrogens is 368 g/mol. The Kier molecular flexibility index (Phi) is 6.54. The molecule has 3 rings (SSSR count). The Morgan fingerprint density at radius 3 is 2.48 bits per heavy atom. The van der Waals surface area contributed by atoms with Gasteiger partial charge in [0.05, 0.1) is 0 Å². The average Bonchev–Trinajstić information content (AvgIpc) is 3.09. The fourth-order valence-corrected chi connectivity index (χ4v) is 3.54. The number of aromatic nitrogens is 1. The second-order valence-corrected chi connectivity index (χ2v) is 7.11. The predicted molar refractivity (Wildman–Crippen MR) is 112 cm³/mol. The van der Waals surface area contributed by atoms with Crippen molar-refractivity contribution < 1.29 is 19.4 Å². The van der Waals surface area contributed by atoms with Gasteiger partial charge in [-0.15, -0.1) is 0 Å². The smallest absolute Gasteiger partial charge is 0.408 e. The number of hydrogen-bond acceptors (Lipinski definition) is 3. The highest BCUT2D eigenvalue weighted by atomic mass is 16.5. The Bertz CT molecular complexity index is 981. The number of aliphatic carboxylic acids is 1. The number of fused-ring (bicyclic) bond motifs is 1. The second-order valence-electron chi connectivity index (χ2n) is 7.11. The van der Waals surface area contributed by atoms with E-state index in [2.05, 4.69) is 16.8 Å². The number of hydrogen-bond donors (Lipinski definition) is 2.